The number of carboxylic acid groups (broad SMARTS) is 1. The van der Waals surface area contributed by atoms with Crippen LogP contribution in [-0.4, -0.2) is 59.2 Å². The minimum absolute atomic E-state index is 0.132. The predicted molar refractivity (Wildman–Crippen MR) is 101 cm³/mol. The molecule has 0 aromatic rings. The van der Waals surface area contributed by atoms with E-state index in [1.165, 1.54) is 0 Å². The van der Waals surface area contributed by atoms with Gasteiger partial charge < -0.3 is 26.8 Å². The van der Waals surface area contributed by atoms with E-state index in [2.05, 4.69) is 28.6 Å². The van der Waals surface area contributed by atoms with Gasteiger partial charge in [-0.1, -0.05) is 34.1 Å². The Balaban J connectivity index is 5.19. The van der Waals surface area contributed by atoms with Crippen LogP contribution in [0.5, 0.6) is 0 Å². The van der Waals surface area contributed by atoms with Gasteiger partial charge in [-0.25, -0.2) is 0 Å². The van der Waals surface area contributed by atoms with Gasteiger partial charge in [0.25, 0.3) is 0 Å². The highest BCUT2D eigenvalue weighted by Crippen LogP contribution is 2.10. The van der Waals surface area contributed by atoms with Crippen LogP contribution in [0.4, 0.5) is 0 Å². The Morgan fingerprint density at radius 3 is 1.96 bits per heavy atom. The molecule has 0 fully saturated rings. The van der Waals surface area contributed by atoms with Crippen LogP contribution in [0.15, 0.2) is 0 Å². The zero-order chi connectivity index (χ0) is 20.4. The molecule has 0 aromatic carbocycles. The molecule has 0 rings (SSSR count). The molecule has 4 unspecified atom stereocenters. The molecule has 150 valence electrons. The Bertz CT molecular complexity index is 515. The molecule has 0 radical (unpaired) electrons. The molecule has 26 heavy (non-hydrogen) atoms. The molecule has 6 N–H and O–H groups in total. The third kappa shape index (κ3) is 8.05. The van der Waals surface area contributed by atoms with Gasteiger partial charge in [0.05, 0.1) is 6.04 Å². The highest BCUT2D eigenvalue weighted by atomic mass is 32.1. The molecule has 0 heterocycles. The first-order valence-corrected chi connectivity index (χ1v) is 9.14. The van der Waals surface area contributed by atoms with Crippen molar-refractivity contribution in [3.05, 3.63) is 0 Å². The van der Waals surface area contributed by atoms with Gasteiger partial charge in [0.2, 0.25) is 17.7 Å². The third-order valence-corrected chi connectivity index (χ3v) is 4.38. The van der Waals surface area contributed by atoms with Crippen LogP contribution in [0.2, 0.25) is 0 Å². The number of aliphatic carboxylic acids is 1. The number of carboxylic acids is 1. The summed E-state index contributed by atoms with van der Waals surface area (Å²) in [5.74, 6) is -3.15. The summed E-state index contributed by atoms with van der Waals surface area (Å²) < 4.78 is 0. The molecular weight excluding hydrogens is 360 g/mol. The van der Waals surface area contributed by atoms with Gasteiger partial charge in [-0.2, -0.15) is 12.6 Å². The van der Waals surface area contributed by atoms with Gasteiger partial charge >= 0.3 is 5.97 Å². The average molecular weight is 391 g/mol. The second kappa shape index (κ2) is 11.7. The van der Waals surface area contributed by atoms with Crippen molar-refractivity contribution in [1.82, 2.24) is 16.0 Å². The average Bonchev–Trinajstić information content (AvgIpc) is 2.59. The smallest absolute Gasteiger partial charge is 0.322 e. The zero-order valence-electron chi connectivity index (χ0n) is 15.6. The minimum Gasteiger partial charge on any atom is -0.480 e. The first-order chi connectivity index (χ1) is 12.0. The molecule has 0 saturated carbocycles. The van der Waals surface area contributed by atoms with Crippen LogP contribution < -0.4 is 21.7 Å². The molecule has 4 atom stereocenters. The summed E-state index contributed by atoms with van der Waals surface area (Å²) >= 11 is 3.97. The second-order valence-corrected chi connectivity index (χ2v) is 6.87. The van der Waals surface area contributed by atoms with Crippen LogP contribution in [0.3, 0.4) is 0 Å². The van der Waals surface area contributed by atoms with Crippen LogP contribution in [0, 0.1) is 11.8 Å². The van der Waals surface area contributed by atoms with Crippen LogP contribution in [0.25, 0.3) is 0 Å². The summed E-state index contributed by atoms with van der Waals surface area (Å²) in [4.78, 5) is 47.5. The predicted octanol–water partition coefficient (Wildman–Crippen LogP) is -0.884. The maximum Gasteiger partial charge on any atom is 0.322 e. The summed E-state index contributed by atoms with van der Waals surface area (Å²) in [5, 5.41) is 16.1. The van der Waals surface area contributed by atoms with Crippen molar-refractivity contribution in [3.8, 4) is 0 Å². The Hall–Kier alpha value is -1.81. The second-order valence-electron chi connectivity index (χ2n) is 6.50. The lowest BCUT2D eigenvalue weighted by Gasteiger charge is -2.28. The fourth-order valence-corrected chi connectivity index (χ4v) is 2.26. The van der Waals surface area contributed by atoms with E-state index < -0.39 is 48.4 Å². The summed E-state index contributed by atoms with van der Waals surface area (Å²) in [6.45, 7) is 6.57. The summed E-state index contributed by atoms with van der Waals surface area (Å²) in [7, 11) is 0. The summed E-state index contributed by atoms with van der Waals surface area (Å²) in [6.07, 6.45) is 0.617. The van der Waals surface area contributed by atoms with Gasteiger partial charge in [-0.05, 0) is 11.8 Å². The van der Waals surface area contributed by atoms with E-state index in [4.69, 9.17) is 10.8 Å². The Labute approximate surface area is 159 Å². The Morgan fingerprint density at radius 2 is 1.54 bits per heavy atom. The molecule has 0 aromatic heterocycles. The quantitative estimate of drug-likeness (QED) is 0.252. The number of amides is 3. The maximum absolute atomic E-state index is 12.7. The molecule has 0 aliphatic heterocycles. The molecule has 3 amide bonds. The number of hydrogen-bond acceptors (Lipinski definition) is 6. The fraction of sp³-hybridized carbons (Fsp3) is 0.750. The molecule has 10 heteroatoms. The van der Waals surface area contributed by atoms with Crippen molar-refractivity contribution >= 4 is 36.3 Å². The molecule has 9 nitrogen and oxygen atoms in total. The van der Waals surface area contributed by atoms with E-state index in [-0.39, 0.29) is 17.6 Å². The number of carbonyl (C=O) groups is 4. The Kier molecular flexibility index (Phi) is 10.9. The first-order valence-electron chi connectivity index (χ1n) is 8.51. The fourth-order valence-electron chi connectivity index (χ4n) is 2.10. The van der Waals surface area contributed by atoms with Crippen molar-refractivity contribution in [3.63, 3.8) is 0 Å². The van der Waals surface area contributed by atoms with E-state index >= 15 is 0 Å². The van der Waals surface area contributed by atoms with E-state index in [0.717, 1.165) is 0 Å². The van der Waals surface area contributed by atoms with Crippen LogP contribution >= 0.6 is 12.6 Å². The molecule has 0 aliphatic rings. The van der Waals surface area contributed by atoms with E-state index in [0.29, 0.717) is 6.42 Å². The first kappa shape index (κ1) is 24.2. The number of thiol groups is 1. The normalized spacial score (nSPS) is 15.5. The lowest BCUT2D eigenvalue weighted by molar-refractivity contribution is -0.139. The summed E-state index contributed by atoms with van der Waals surface area (Å²) in [5.41, 5.74) is 5.63. The molecule has 0 saturated heterocycles. The number of hydrogen-bond donors (Lipinski definition) is 6. The lowest BCUT2D eigenvalue weighted by atomic mass is 9.96. The topological polar surface area (TPSA) is 151 Å². The zero-order valence-corrected chi connectivity index (χ0v) is 16.5. The minimum atomic E-state index is -1.18. The third-order valence-electron chi connectivity index (χ3n) is 3.99. The van der Waals surface area contributed by atoms with Crippen LogP contribution in [-0.2, 0) is 19.2 Å². The van der Waals surface area contributed by atoms with Crippen molar-refractivity contribution in [2.45, 2.75) is 52.2 Å². The number of nitrogens with two attached hydrogens (primary N) is 1. The van der Waals surface area contributed by atoms with Crippen molar-refractivity contribution in [1.29, 1.82) is 0 Å². The molecule has 0 aliphatic carbocycles. The molecule has 0 bridgehead atoms. The highest BCUT2D eigenvalue weighted by Gasteiger charge is 2.32. The van der Waals surface area contributed by atoms with Gasteiger partial charge in [0.1, 0.15) is 18.6 Å². The summed E-state index contributed by atoms with van der Waals surface area (Å²) in [6, 6.07) is -2.65. The standard InChI is InChI=1S/C16H30N4O5S/c1-5-9(4)13(20-14(23)10(17)7-26)16(25)19-12(8(2)3)15(24)18-6-11(21)22/h8-10,12-13,26H,5-7,17H2,1-4H3,(H,18,24)(H,19,25)(H,20,23)(H,21,22). The van der Waals surface area contributed by atoms with Crippen molar-refractivity contribution in [2.24, 2.45) is 17.6 Å². The number of nitrogens with one attached hydrogen (secondary N) is 3. The SMILES string of the molecule is CCC(C)C(NC(=O)C(N)CS)C(=O)NC(C(=O)NCC(=O)O)C(C)C. The van der Waals surface area contributed by atoms with Gasteiger partial charge in [-0.15, -0.1) is 0 Å². The van der Waals surface area contributed by atoms with Gasteiger partial charge in [-0.3, -0.25) is 19.2 Å². The molecule has 0 spiro atoms. The van der Waals surface area contributed by atoms with Crippen molar-refractivity contribution < 1.29 is 24.3 Å². The van der Waals surface area contributed by atoms with E-state index in [9.17, 15) is 19.2 Å². The van der Waals surface area contributed by atoms with E-state index in [1.54, 1.807) is 20.8 Å². The monoisotopic (exact) mass is 390 g/mol. The van der Waals surface area contributed by atoms with Crippen molar-refractivity contribution in [2.75, 3.05) is 12.3 Å². The maximum atomic E-state index is 12.7. The Morgan fingerprint density at radius 1 is 1.00 bits per heavy atom. The van der Waals surface area contributed by atoms with E-state index in [1.807, 2.05) is 6.92 Å². The molecular formula is C16H30N4O5S. The van der Waals surface area contributed by atoms with Crippen LogP contribution in [0.1, 0.15) is 34.1 Å². The highest BCUT2D eigenvalue weighted by molar-refractivity contribution is 7.80. The van der Waals surface area contributed by atoms with Gasteiger partial charge in [0.15, 0.2) is 0 Å². The lowest BCUT2D eigenvalue weighted by Crippen LogP contribution is -2.59. The number of carbonyl (C=O) groups excluding carboxylic acids is 3. The largest absolute Gasteiger partial charge is 0.480 e. The van der Waals surface area contributed by atoms with Gasteiger partial charge in [0, 0.05) is 5.75 Å². The number of rotatable bonds is 11.